The lowest BCUT2D eigenvalue weighted by Crippen LogP contribution is -2.37. The Morgan fingerprint density at radius 3 is 3.00 bits per heavy atom. The highest BCUT2D eigenvalue weighted by Crippen LogP contribution is 2.26. The molecule has 1 aromatic heterocycles. The summed E-state index contributed by atoms with van der Waals surface area (Å²) in [6, 6.07) is 0. The summed E-state index contributed by atoms with van der Waals surface area (Å²) in [4.78, 5) is 6.46. The smallest absolute Gasteiger partial charge is 0.181 e. The van der Waals surface area contributed by atoms with Gasteiger partial charge >= 0.3 is 0 Å². The monoisotopic (exact) mass is 245 g/mol. The van der Waals surface area contributed by atoms with Crippen LogP contribution in [0.15, 0.2) is 10.4 Å². The zero-order valence-corrected chi connectivity index (χ0v) is 10.1. The van der Waals surface area contributed by atoms with Gasteiger partial charge in [0.15, 0.2) is 5.13 Å². The number of hydrogen-bond acceptors (Lipinski definition) is 6. The van der Waals surface area contributed by atoms with Crippen molar-refractivity contribution in [3.8, 4) is 0 Å². The molecular formula is C9H15N3OS2. The van der Waals surface area contributed by atoms with Crippen LogP contribution in [-0.2, 0) is 4.74 Å². The quantitative estimate of drug-likeness (QED) is 0.806. The zero-order chi connectivity index (χ0) is 10.5. The SMILES string of the molecule is Nc1ncc(SCCN2CCOCC2)s1. The van der Waals surface area contributed by atoms with Crippen LogP contribution in [-0.4, -0.2) is 48.5 Å². The van der Waals surface area contributed by atoms with Crippen molar-refractivity contribution in [2.75, 3.05) is 44.3 Å². The van der Waals surface area contributed by atoms with E-state index in [4.69, 9.17) is 10.5 Å². The Hall–Kier alpha value is -0.300. The maximum atomic E-state index is 5.56. The summed E-state index contributed by atoms with van der Waals surface area (Å²) in [5, 5.41) is 0.656. The van der Waals surface area contributed by atoms with E-state index in [1.165, 1.54) is 4.21 Å². The number of thioether (sulfide) groups is 1. The van der Waals surface area contributed by atoms with Gasteiger partial charge in [-0.25, -0.2) is 4.98 Å². The number of morpholine rings is 1. The van der Waals surface area contributed by atoms with Crippen LogP contribution in [0.2, 0.25) is 0 Å². The largest absolute Gasteiger partial charge is 0.379 e. The first kappa shape index (κ1) is 11.2. The molecule has 4 nitrogen and oxygen atoms in total. The molecule has 0 radical (unpaired) electrons. The molecule has 0 aromatic carbocycles. The van der Waals surface area contributed by atoms with Crippen molar-refractivity contribution >= 4 is 28.2 Å². The average molecular weight is 245 g/mol. The number of nitrogens with two attached hydrogens (primary N) is 1. The van der Waals surface area contributed by atoms with Gasteiger partial charge < -0.3 is 10.5 Å². The van der Waals surface area contributed by atoms with E-state index in [-0.39, 0.29) is 0 Å². The fraction of sp³-hybridized carbons (Fsp3) is 0.667. The van der Waals surface area contributed by atoms with Crippen LogP contribution in [0.25, 0.3) is 0 Å². The molecule has 2 rings (SSSR count). The molecular weight excluding hydrogens is 230 g/mol. The normalized spacial score (nSPS) is 18.1. The predicted molar refractivity (Wildman–Crippen MR) is 64.5 cm³/mol. The van der Waals surface area contributed by atoms with E-state index < -0.39 is 0 Å². The minimum Gasteiger partial charge on any atom is -0.379 e. The summed E-state index contributed by atoms with van der Waals surface area (Å²) < 4.78 is 6.50. The summed E-state index contributed by atoms with van der Waals surface area (Å²) in [5.74, 6) is 1.10. The van der Waals surface area contributed by atoms with Gasteiger partial charge in [0.1, 0.15) is 0 Å². The number of hydrogen-bond donors (Lipinski definition) is 1. The molecule has 0 bridgehead atoms. The van der Waals surface area contributed by atoms with Crippen LogP contribution in [0.3, 0.4) is 0 Å². The number of anilines is 1. The van der Waals surface area contributed by atoms with Gasteiger partial charge in [0.2, 0.25) is 0 Å². The maximum absolute atomic E-state index is 5.56. The Balaban J connectivity index is 1.65. The van der Waals surface area contributed by atoms with Gasteiger partial charge in [0.25, 0.3) is 0 Å². The molecule has 2 N–H and O–H groups in total. The molecule has 0 unspecified atom stereocenters. The van der Waals surface area contributed by atoms with E-state index >= 15 is 0 Å². The lowest BCUT2D eigenvalue weighted by molar-refractivity contribution is 0.0410. The minimum absolute atomic E-state index is 0.656. The van der Waals surface area contributed by atoms with E-state index in [0.717, 1.165) is 38.6 Å². The van der Waals surface area contributed by atoms with Crippen molar-refractivity contribution in [3.05, 3.63) is 6.20 Å². The van der Waals surface area contributed by atoms with Gasteiger partial charge in [-0.15, -0.1) is 11.8 Å². The van der Waals surface area contributed by atoms with E-state index in [2.05, 4.69) is 9.88 Å². The summed E-state index contributed by atoms with van der Waals surface area (Å²) in [6.45, 7) is 4.99. The third kappa shape index (κ3) is 3.64. The molecule has 1 aliphatic heterocycles. The van der Waals surface area contributed by atoms with Crippen molar-refractivity contribution in [1.29, 1.82) is 0 Å². The van der Waals surface area contributed by atoms with E-state index in [9.17, 15) is 0 Å². The summed E-state index contributed by atoms with van der Waals surface area (Å²) in [7, 11) is 0. The van der Waals surface area contributed by atoms with Gasteiger partial charge in [-0.3, -0.25) is 4.90 Å². The Labute approximate surface area is 97.8 Å². The van der Waals surface area contributed by atoms with Crippen LogP contribution in [0.5, 0.6) is 0 Å². The molecule has 84 valence electrons. The number of nitrogens with zero attached hydrogens (tertiary/aromatic N) is 2. The number of rotatable bonds is 4. The van der Waals surface area contributed by atoms with Crippen molar-refractivity contribution in [2.24, 2.45) is 0 Å². The molecule has 1 aromatic rings. The first-order valence-corrected chi connectivity index (χ1v) is 6.79. The fourth-order valence-electron chi connectivity index (χ4n) is 1.44. The van der Waals surface area contributed by atoms with Gasteiger partial charge in [-0.05, 0) is 0 Å². The number of aromatic nitrogens is 1. The molecule has 15 heavy (non-hydrogen) atoms. The number of thiazole rings is 1. The summed E-state index contributed by atoms with van der Waals surface area (Å²) in [6.07, 6.45) is 1.85. The van der Waals surface area contributed by atoms with Gasteiger partial charge in [0, 0.05) is 25.4 Å². The van der Waals surface area contributed by atoms with Crippen molar-refractivity contribution < 1.29 is 4.74 Å². The topological polar surface area (TPSA) is 51.4 Å². The molecule has 1 saturated heterocycles. The van der Waals surface area contributed by atoms with Crippen LogP contribution < -0.4 is 5.73 Å². The van der Waals surface area contributed by atoms with E-state index in [0.29, 0.717) is 5.13 Å². The standard InChI is InChI=1S/C9H15N3OS2/c10-9-11-7-8(15-9)14-6-3-12-1-4-13-5-2-12/h7H,1-6H2,(H2,10,11). The third-order valence-electron chi connectivity index (χ3n) is 2.26. The van der Waals surface area contributed by atoms with Gasteiger partial charge in [0.05, 0.1) is 23.6 Å². The van der Waals surface area contributed by atoms with Gasteiger partial charge in [-0.2, -0.15) is 0 Å². The fourth-order valence-corrected chi connectivity index (χ4v) is 3.28. The summed E-state index contributed by atoms with van der Waals surface area (Å²) in [5.41, 5.74) is 5.56. The minimum atomic E-state index is 0.656. The van der Waals surface area contributed by atoms with E-state index in [1.807, 2.05) is 18.0 Å². The van der Waals surface area contributed by atoms with Crippen LogP contribution >= 0.6 is 23.1 Å². The Morgan fingerprint density at radius 2 is 2.33 bits per heavy atom. The number of nitrogen functional groups attached to an aromatic ring is 1. The van der Waals surface area contributed by atoms with Gasteiger partial charge in [-0.1, -0.05) is 11.3 Å². The highest BCUT2D eigenvalue weighted by Gasteiger charge is 2.09. The molecule has 1 aliphatic rings. The molecule has 0 atom stereocenters. The third-order valence-corrected chi connectivity index (χ3v) is 4.26. The van der Waals surface area contributed by atoms with Crippen LogP contribution in [0.1, 0.15) is 0 Å². The lowest BCUT2D eigenvalue weighted by Gasteiger charge is -2.26. The Bertz CT molecular complexity index is 299. The van der Waals surface area contributed by atoms with E-state index in [1.54, 1.807) is 11.3 Å². The zero-order valence-electron chi connectivity index (χ0n) is 8.52. The predicted octanol–water partition coefficient (Wildman–Crippen LogP) is 1.15. The first-order valence-electron chi connectivity index (χ1n) is 4.99. The van der Waals surface area contributed by atoms with Crippen molar-refractivity contribution in [2.45, 2.75) is 4.21 Å². The summed E-state index contributed by atoms with van der Waals surface area (Å²) >= 11 is 3.39. The average Bonchev–Trinajstić information content (AvgIpc) is 2.66. The second-order valence-corrected chi connectivity index (χ2v) is 5.78. The molecule has 2 heterocycles. The molecule has 0 saturated carbocycles. The van der Waals surface area contributed by atoms with Crippen molar-refractivity contribution in [1.82, 2.24) is 9.88 Å². The lowest BCUT2D eigenvalue weighted by atomic mass is 10.4. The second kappa shape index (κ2) is 5.69. The maximum Gasteiger partial charge on any atom is 0.181 e. The van der Waals surface area contributed by atoms with Crippen LogP contribution in [0.4, 0.5) is 5.13 Å². The van der Waals surface area contributed by atoms with Crippen LogP contribution in [0, 0.1) is 0 Å². The number of ether oxygens (including phenoxy) is 1. The Kier molecular flexibility index (Phi) is 4.25. The second-order valence-electron chi connectivity index (χ2n) is 3.32. The first-order chi connectivity index (χ1) is 7.34. The van der Waals surface area contributed by atoms with Crippen molar-refractivity contribution in [3.63, 3.8) is 0 Å². The molecule has 1 fully saturated rings. The Morgan fingerprint density at radius 1 is 1.53 bits per heavy atom. The molecule has 0 amide bonds. The molecule has 6 heteroatoms. The molecule has 0 spiro atoms. The highest BCUT2D eigenvalue weighted by atomic mass is 32.2. The highest BCUT2D eigenvalue weighted by molar-refractivity contribution is 8.01. The molecule has 0 aliphatic carbocycles.